The molecular formula is C17H19N3O2S. The lowest BCUT2D eigenvalue weighted by molar-refractivity contribution is -0.138. The Labute approximate surface area is 139 Å². The molecule has 0 radical (unpaired) electrons. The van der Waals surface area contributed by atoms with Gasteiger partial charge in [-0.3, -0.25) is 9.59 Å². The maximum absolute atomic E-state index is 11.8. The third kappa shape index (κ3) is 3.22. The largest absolute Gasteiger partial charge is 0.361 e. The number of carbonyl (C=O) groups is 2. The summed E-state index contributed by atoms with van der Waals surface area (Å²) in [6, 6.07) is 12.5. The first-order valence-electron chi connectivity index (χ1n) is 7.58. The Balaban J connectivity index is 1.81. The molecule has 6 heteroatoms. The number of para-hydroxylation sites is 1. The molecule has 0 aliphatic carbocycles. The third-order valence-corrected chi connectivity index (χ3v) is 5.03. The van der Waals surface area contributed by atoms with Gasteiger partial charge < -0.3 is 15.5 Å². The van der Waals surface area contributed by atoms with Gasteiger partial charge in [-0.2, -0.15) is 0 Å². The number of nitrogens with zero attached hydrogens (tertiary/aromatic N) is 1. The Morgan fingerprint density at radius 2 is 2.04 bits per heavy atom. The molecule has 120 valence electrons. The van der Waals surface area contributed by atoms with Gasteiger partial charge in [-0.05, 0) is 29.5 Å². The fourth-order valence-corrected chi connectivity index (χ4v) is 3.76. The van der Waals surface area contributed by atoms with Crippen LogP contribution in [0.4, 0.5) is 5.69 Å². The van der Waals surface area contributed by atoms with Gasteiger partial charge in [0, 0.05) is 30.7 Å². The van der Waals surface area contributed by atoms with Gasteiger partial charge in [-0.1, -0.05) is 24.3 Å². The van der Waals surface area contributed by atoms with Crippen LogP contribution in [0, 0.1) is 0 Å². The maximum atomic E-state index is 11.8. The second kappa shape index (κ2) is 6.83. The summed E-state index contributed by atoms with van der Waals surface area (Å²) in [6.07, 6.45) is 1.00. The highest BCUT2D eigenvalue weighted by Gasteiger charge is 2.28. The number of thiophene rings is 1. The molecule has 0 fully saturated rings. The van der Waals surface area contributed by atoms with Gasteiger partial charge in [0.15, 0.2) is 0 Å². The molecule has 2 N–H and O–H groups in total. The smallest absolute Gasteiger partial charge is 0.309 e. The molecular weight excluding hydrogens is 310 g/mol. The minimum absolute atomic E-state index is 0.0345. The summed E-state index contributed by atoms with van der Waals surface area (Å²) < 4.78 is 0. The summed E-state index contributed by atoms with van der Waals surface area (Å²) >= 11 is 1.66. The first kappa shape index (κ1) is 15.6. The topological polar surface area (TPSA) is 61.4 Å². The van der Waals surface area contributed by atoms with Gasteiger partial charge in [0.2, 0.25) is 0 Å². The zero-order chi connectivity index (χ0) is 16.2. The van der Waals surface area contributed by atoms with Crippen molar-refractivity contribution in [1.29, 1.82) is 0 Å². The molecule has 1 aromatic heterocycles. The van der Waals surface area contributed by atoms with Crippen molar-refractivity contribution in [3.05, 3.63) is 52.2 Å². The van der Waals surface area contributed by atoms with E-state index in [-0.39, 0.29) is 6.04 Å². The van der Waals surface area contributed by atoms with Crippen LogP contribution in [0.5, 0.6) is 0 Å². The number of hydrogen-bond acceptors (Lipinski definition) is 4. The van der Waals surface area contributed by atoms with Crippen molar-refractivity contribution in [2.75, 3.05) is 25.0 Å². The van der Waals surface area contributed by atoms with Crippen LogP contribution in [0.15, 0.2) is 41.8 Å². The molecule has 0 saturated heterocycles. The van der Waals surface area contributed by atoms with E-state index in [4.69, 9.17) is 0 Å². The van der Waals surface area contributed by atoms with E-state index in [0.717, 1.165) is 13.0 Å². The number of fused-ring (bicyclic) bond motifs is 1. The van der Waals surface area contributed by atoms with Crippen LogP contribution >= 0.6 is 11.3 Å². The summed E-state index contributed by atoms with van der Waals surface area (Å²) in [4.78, 5) is 26.7. The molecule has 0 bridgehead atoms. The van der Waals surface area contributed by atoms with Gasteiger partial charge in [-0.15, -0.1) is 11.3 Å². The minimum Gasteiger partial charge on any atom is -0.361 e. The van der Waals surface area contributed by atoms with Crippen molar-refractivity contribution in [3.8, 4) is 0 Å². The minimum atomic E-state index is -0.614. The van der Waals surface area contributed by atoms with Crippen molar-refractivity contribution >= 4 is 28.8 Å². The zero-order valence-corrected chi connectivity index (χ0v) is 13.7. The fourth-order valence-electron chi connectivity index (χ4n) is 2.92. The summed E-state index contributed by atoms with van der Waals surface area (Å²) in [5.41, 5.74) is 2.53. The van der Waals surface area contributed by atoms with E-state index < -0.39 is 11.8 Å². The zero-order valence-electron chi connectivity index (χ0n) is 12.9. The number of anilines is 1. The van der Waals surface area contributed by atoms with Crippen LogP contribution in [0.2, 0.25) is 0 Å². The van der Waals surface area contributed by atoms with E-state index in [2.05, 4.69) is 39.8 Å². The summed E-state index contributed by atoms with van der Waals surface area (Å²) in [6.45, 7) is 1.32. The number of carbonyl (C=O) groups excluding carboxylic acids is 2. The van der Waals surface area contributed by atoms with Crippen LogP contribution in [-0.4, -0.2) is 32.0 Å². The number of likely N-dealkylation sites (N-methyl/N-ethyl adjacent to an activating group) is 1. The van der Waals surface area contributed by atoms with E-state index >= 15 is 0 Å². The number of rotatable bonds is 4. The van der Waals surface area contributed by atoms with Gasteiger partial charge in [0.1, 0.15) is 0 Å². The Morgan fingerprint density at radius 3 is 2.78 bits per heavy atom. The normalized spacial score (nSPS) is 14.2. The lowest BCUT2D eigenvalue weighted by Crippen LogP contribution is -2.43. The molecule has 5 nitrogen and oxygen atoms in total. The van der Waals surface area contributed by atoms with Crippen molar-refractivity contribution < 1.29 is 9.59 Å². The number of benzene rings is 1. The predicted octanol–water partition coefficient (Wildman–Crippen LogP) is 1.71. The Morgan fingerprint density at radius 1 is 1.22 bits per heavy atom. The van der Waals surface area contributed by atoms with E-state index in [1.807, 2.05) is 17.5 Å². The number of amides is 2. The predicted molar refractivity (Wildman–Crippen MR) is 91.6 cm³/mol. The molecule has 0 unspecified atom stereocenters. The van der Waals surface area contributed by atoms with Crippen LogP contribution in [0.3, 0.4) is 0 Å². The van der Waals surface area contributed by atoms with Crippen LogP contribution in [0.25, 0.3) is 0 Å². The molecule has 23 heavy (non-hydrogen) atoms. The first-order chi connectivity index (χ1) is 11.2. The average molecular weight is 329 g/mol. The molecule has 0 saturated carbocycles. The lowest BCUT2D eigenvalue weighted by atomic mass is 10.1. The molecule has 2 amide bonds. The average Bonchev–Trinajstić information content (AvgIpc) is 3.24. The highest BCUT2D eigenvalue weighted by atomic mass is 32.1. The van der Waals surface area contributed by atoms with Gasteiger partial charge in [0.05, 0.1) is 6.04 Å². The second-order valence-corrected chi connectivity index (χ2v) is 6.37. The Kier molecular flexibility index (Phi) is 4.62. The molecule has 3 rings (SSSR count). The van der Waals surface area contributed by atoms with Crippen LogP contribution < -0.4 is 15.5 Å². The van der Waals surface area contributed by atoms with Gasteiger partial charge >= 0.3 is 11.8 Å². The molecule has 2 heterocycles. The summed E-state index contributed by atoms with van der Waals surface area (Å²) in [7, 11) is 1.45. The van der Waals surface area contributed by atoms with Crippen molar-refractivity contribution in [1.82, 2.24) is 10.6 Å². The monoisotopic (exact) mass is 329 g/mol. The maximum Gasteiger partial charge on any atom is 0.309 e. The van der Waals surface area contributed by atoms with E-state index in [9.17, 15) is 9.59 Å². The van der Waals surface area contributed by atoms with Crippen molar-refractivity contribution in [3.63, 3.8) is 0 Å². The van der Waals surface area contributed by atoms with E-state index in [0.29, 0.717) is 6.54 Å². The highest BCUT2D eigenvalue weighted by molar-refractivity contribution is 7.10. The fraction of sp³-hybridized carbons (Fsp3) is 0.294. The molecule has 1 atom stereocenters. The van der Waals surface area contributed by atoms with Crippen molar-refractivity contribution in [2.24, 2.45) is 0 Å². The van der Waals surface area contributed by atoms with Gasteiger partial charge in [0.25, 0.3) is 0 Å². The molecule has 1 aliphatic rings. The standard InChI is InChI=1S/C17H19N3O2S/c1-18-16(21)17(22)19-11-14(15-7-4-10-23-15)20-9-8-12-5-2-3-6-13(12)20/h2-7,10,14H,8-9,11H2,1H3,(H,18,21)(H,19,22)/t14-/m0/s1. The SMILES string of the molecule is CNC(=O)C(=O)NC[C@@H](c1cccs1)N1CCc2ccccc21. The molecule has 1 aliphatic heterocycles. The van der Waals surface area contributed by atoms with Gasteiger partial charge in [-0.25, -0.2) is 0 Å². The van der Waals surface area contributed by atoms with E-state index in [1.165, 1.54) is 23.2 Å². The molecule has 1 aromatic carbocycles. The number of nitrogens with one attached hydrogen (secondary N) is 2. The third-order valence-electron chi connectivity index (χ3n) is 4.06. The Hall–Kier alpha value is -2.34. The highest BCUT2D eigenvalue weighted by Crippen LogP contribution is 2.36. The second-order valence-electron chi connectivity index (χ2n) is 5.39. The number of hydrogen-bond donors (Lipinski definition) is 2. The summed E-state index contributed by atoms with van der Waals surface area (Å²) in [5, 5.41) is 7.12. The molecule has 0 spiro atoms. The lowest BCUT2D eigenvalue weighted by Gasteiger charge is -2.30. The molecule has 2 aromatic rings. The first-order valence-corrected chi connectivity index (χ1v) is 8.46. The Bertz CT molecular complexity index is 700. The quantitative estimate of drug-likeness (QED) is 0.840. The van der Waals surface area contributed by atoms with Crippen molar-refractivity contribution in [2.45, 2.75) is 12.5 Å². The summed E-state index contributed by atoms with van der Waals surface area (Å²) in [5.74, 6) is -1.21. The van der Waals surface area contributed by atoms with E-state index in [1.54, 1.807) is 11.3 Å². The van der Waals surface area contributed by atoms with Crippen LogP contribution in [-0.2, 0) is 16.0 Å². The van der Waals surface area contributed by atoms with Crippen LogP contribution in [0.1, 0.15) is 16.5 Å².